The molecule has 19 heavy (non-hydrogen) atoms. The Labute approximate surface area is 116 Å². The molecule has 0 saturated carbocycles. The van der Waals surface area contributed by atoms with Gasteiger partial charge in [-0.05, 0) is 37.7 Å². The average molecular weight is 284 g/mol. The maximum atomic E-state index is 11.3. The van der Waals surface area contributed by atoms with Crippen LogP contribution in [0.25, 0.3) is 0 Å². The first-order valence-corrected chi connectivity index (χ1v) is 8.78. The summed E-state index contributed by atoms with van der Waals surface area (Å²) in [5.74, 6) is 0.385. The molecule has 0 aromatic heterocycles. The number of hydrogen-bond donors (Lipinski definition) is 1. The third-order valence-electron chi connectivity index (χ3n) is 3.28. The van der Waals surface area contributed by atoms with Crippen LogP contribution in [0.2, 0.25) is 0 Å². The van der Waals surface area contributed by atoms with E-state index in [-0.39, 0.29) is 17.6 Å². The Hall–Kier alpha value is -0.870. The molecule has 0 amide bonds. The van der Waals surface area contributed by atoms with Gasteiger partial charge in [0, 0.05) is 5.75 Å². The van der Waals surface area contributed by atoms with Gasteiger partial charge in [-0.1, -0.05) is 37.3 Å². The molecule has 0 fully saturated rings. The maximum absolute atomic E-state index is 11.3. The molecule has 0 heterocycles. The maximum Gasteiger partial charge on any atom is 0.150 e. The summed E-state index contributed by atoms with van der Waals surface area (Å²) in [7, 11) is -2.89. The first kappa shape index (κ1) is 16.2. The van der Waals surface area contributed by atoms with Gasteiger partial charge in [-0.25, -0.2) is 8.42 Å². The van der Waals surface area contributed by atoms with Crippen LogP contribution < -0.4 is 0 Å². The van der Waals surface area contributed by atoms with Crippen molar-refractivity contribution in [3.8, 4) is 0 Å². The van der Waals surface area contributed by atoms with Crippen LogP contribution in [0.15, 0.2) is 30.3 Å². The number of benzene rings is 1. The van der Waals surface area contributed by atoms with E-state index in [0.29, 0.717) is 12.8 Å². The fraction of sp³-hybridized carbons (Fsp3) is 0.600. The van der Waals surface area contributed by atoms with E-state index >= 15 is 0 Å². The molecular weight excluding hydrogens is 260 g/mol. The molecule has 0 aliphatic rings. The van der Waals surface area contributed by atoms with Crippen molar-refractivity contribution < 1.29 is 13.5 Å². The lowest BCUT2D eigenvalue weighted by Crippen LogP contribution is -2.13. The SMILES string of the molecule is CCS(=O)(=O)CCCC(O)CCCc1ccccc1. The molecule has 1 aromatic carbocycles. The van der Waals surface area contributed by atoms with Crippen LogP contribution in [0.1, 0.15) is 38.2 Å². The largest absolute Gasteiger partial charge is 0.393 e. The number of hydrogen-bond acceptors (Lipinski definition) is 3. The summed E-state index contributed by atoms with van der Waals surface area (Å²) in [5, 5.41) is 9.80. The lowest BCUT2D eigenvalue weighted by Gasteiger charge is -2.10. The number of aliphatic hydroxyl groups is 1. The highest BCUT2D eigenvalue weighted by Crippen LogP contribution is 2.10. The average Bonchev–Trinajstić information content (AvgIpc) is 2.40. The molecule has 0 aliphatic carbocycles. The number of sulfone groups is 1. The zero-order valence-corrected chi connectivity index (χ0v) is 12.4. The zero-order chi connectivity index (χ0) is 14.1. The van der Waals surface area contributed by atoms with Gasteiger partial charge in [-0.3, -0.25) is 0 Å². The molecule has 0 saturated heterocycles. The summed E-state index contributed by atoms with van der Waals surface area (Å²) in [5.41, 5.74) is 1.28. The molecule has 1 unspecified atom stereocenters. The van der Waals surface area contributed by atoms with Crippen LogP contribution in [0.4, 0.5) is 0 Å². The van der Waals surface area contributed by atoms with Gasteiger partial charge in [0.15, 0.2) is 0 Å². The molecule has 4 heteroatoms. The van der Waals surface area contributed by atoms with E-state index < -0.39 is 9.84 Å². The fourth-order valence-electron chi connectivity index (χ4n) is 2.01. The first-order chi connectivity index (χ1) is 9.03. The van der Waals surface area contributed by atoms with E-state index in [1.807, 2.05) is 18.2 Å². The molecule has 0 aliphatic heterocycles. The molecule has 0 spiro atoms. The van der Waals surface area contributed by atoms with Crippen molar-refractivity contribution in [1.29, 1.82) is 0 Å². The van der Waals surface area contributed by atoms with Crippen LogP contribution in [0, 0.1) is 0 Å². The molecule has 1 rings (SSSR count). The quantitative estimate of drug-likeness (QED) is 0.758. The van der Waals surface area contributed by atoms with Crippen molar-refractivity contribution in [3.05, 3.63) is 35.9 Å². The molecule has 0 radical (unpaired) electrons. The smallest absolute Gasteiger partial charge is 0.150 e. The minimum Gasteiger partial charge on any atom is -0.393 e. The predicted octanol–water partition coefficient (Wildman–Crippen LogP) is 2.59. The highest BCUT2D eigenvalue weighted by molar-refractivity contribution is 7.91. The van der Waals surface area contributed by atoms with Crippen molar-refractivity contribution in [1.82, 2.24) is 0 Å². The van der Waals surface area contributed by atoms with E-state index in [2.05, 4.69) is 12.1 Å². The highest BCUT2D eigenvalue weighted by atomic mass is 32.2. The van der Waals surface area contributed by atoms with E-state index in [0.717, 1.165) is 19.3 Å². The zero-order valence-electron chi connectivity index (χ0n) is 11.6. The van der Waals surface area contributed by atoms with Gasteiger partial charge in [0.25, 0.3) is 0 Å². The number of rotatable bonds is 9. The second-order valence-corrected chi connectivity index (χ2v) is 7.38. The molecule has 3 nitrogen and oxygen atoms in total. The summed E-state index contributed by atoms with van der Waals surface area (Å²) in [6, 6.07) is 10.2. The van der Waals surface area contributed by atoms with Gasteiger partial charge in [0.05, 0.1) is 11.9 Å². The van der Waals surface area contributed by atoms with E-state index in [1.165, 1.54) is 5.56 Å². The third-order valence-corrected chi connectivity index (χ3v) is 5.07. The molecule has 1 aromatic rings. The van der Waals surface area contributed by atoms with Crippen molar-refractivity contribution in [2.24, 2.45) is 0 Å². The normalized spacial score (nSPS) is 13.4. The van der Waals surface area contributed by atoms with Crippen molar-refractivity contribution in [2.45, 2.75) is 45.1 Å². The van der Waals surface area contributed by atoms with Gasteiger partial charge < -0.3 is 5.11 Å². The van der Waals surface area contributed by atoms with E-state index in [4.69, 9.17) is 0 Å². The summed E-state index contributed by atoms with van der Waals surface area (Å²) < 4.78 is 22.6. The molecule has 108 valence electrons. The minimum atomic E-state index is -2.89. The van der Waals surface area contributed by atoms with Crippen LogP contribution in [0.3, 0.4) is 0 Å². The second-order valence-electron chi connectivity index (χ2n) is 4.91. The van der Waals surface area contributed by atoms with E-state index in [9.17, 15) is 13.5 Å². The van der Waals surface area contributed by atoms with Crippen LogP contribution in [0.5, 0.6) is 0 Å². The Balaban J connectivity index is 2.13. The topological polar surface area (TPSA) is 54.4 Å². The number of aryl methyl sites for hydroxylation is 1. The summed E-state index contributed by atoms with van der Waals surface area (Å²) in [6.45, 7) is 1.66. The Morgan fingerprint density at radius 1 is 1.11 bits per heavy atom. The Morgan fingerprint density at radius 3 is 2.37 bits per heavy atom. The Bertz CT molecular complexity index is 440. The second kappa shape index (κ2) is 8.33. The van der Waals surface area contributed by atoms with Gasteiger partial charge >= 0.3 is 0 Å². The Morgan fingerprint density at radius 2 is 1.74 bits per heavy atom. The van der Waals surface area contributed by atoms with Crippen molar-refractivity contribution in [2.75, 3.05) is 11.5 Å². The monoisotopic (exact) mass is 284 g/mol. The number of aliphatic hydroxyl groups excluding tert-OH is 1. The summed E-state index contributed by atoms with van der Waals surface area (Å²) in [6.07, 6.45) is 3.39. The van der Waals surface area contributed by atoms with E-state index in [1.54, 1.807) is 6.92 Å². The van der Waals surface area contributed by atoms with Crippen LogP contribution >= 0.6 is 0 Å². The molecular formula is C15H24O3S. The van der Waals surface area contributed by atoms with Crippen LogP contribution in [-0.4, -0.2) is 31.1 Å². The fourth-order valence-corrected chi connectivity index (χ4v) is 2.91. The molecule has 1 N–H and O–H groups in total. The van der Waals surface area contributed by atoms with Gasteiger partial charge in [-0.2, -0.15) is 0 Å². The molecule has 0 bridgehead atoms. The standard InChI is InChI=1S/C15H24O3S/c1-2-19(17,18)13-7-12-15(16)11-6-10-14-8-4-3-5-9-14/h3-5,8-9,15-16H,2,6-7,10-13H2,1H3. The molecule has 1 atom stereocenters. The van der Waals surface area contributed by atoms with Gasteiger partial charge in [0.1, 0.15) is 9.84 Å². The minimum absolute atomic E-state index is 0.192. The van der Waals surface area contributed by atoms with Gasteiger partial charge in [0.2, 0.25) is 0 Å². The van der Waals surface area contributed by atoms with Gasteiger partial charge in [-0.15, -0.1) is 0 Å². The lowest BCUT2D eigenvalue weighted by atomic mass is 10.0. The highest BCUT2D eigenvalue weighted by Gasteiger charge is 2.09. The first-order valence-electron chi connectivity index (χ1n) is 6.96. The summed E-state index contributed by atoms with van der Waals surface area (Å²) in [4.78, 5) is 0. The predicted molar refractivity (Wildman–Crippen MR) is 78.9 cm³/mol. The van der Waals surface area contributed by atoms with Crippen LogP contribution in [-0.2, 0) is 16.3 Å². The third kappa shape index (κ3) is 7.33. The summed E-state index contributed by atoms with van der Waals surface area (Å²) >= 11 is 0. The lowest BCUT2D eigenvalue weighted by molar-refractivity contribution is 0.151. The van der Waals surface area contributed by atoms with Crippen molar-refractivity contribution >= 4 is 9.84 Å². The van der Waals surface area contributed by atoms with Crippen molar-refractivity contribution in [3.63, 3.8) is 0 Å². The Kier molecular flexibility index (Phi) is 7.10.